The first-order valence-electron chi connectivity index (χ1n) is 6.61. The molecule has 0 rings (SSSR count). The fourth-order valence-corrected chi connectivity index (χ4v) is 1.49. The molecule has 126 valence electrons. The highest BCUT2D eigenvalue weighted by molar-refractivity contribution is 5.80. The van der Waals surface area contributed by atoms with Crippen molar-refractivity contribution in [2.24, 2.45) is 5.73 Å². The molecule has 0 unspecified atom stereocenters. The average Bonchev–Trinajstić information content (AvgIpc) is 2.43. The summed E-state index contributed by atoms with van der Waals surface area (Å²) in [6, 6.07) is -1.41. The Labute approximate surface area is 126 Å². The number of ether oxygens (including phenoxy) is 2. The summed E-state index contributed by atoms with van der Waals surface area (Å²) in [5, 5.41) is 19.4. The topological polar surface area (TPSA) is 165 Å². The van der Waals surface area contributed by atoms with Crippen LogP contribution in [0, 0.1) is 0 Å². The van der Waals surface area contributed by atoms with Crippen LogP contribution in [0.5, 0.6) is 0 Å². The Morgan fingerprint density at radius 3 is 2.36 bits per heavy atom. The van der Waals surface area contributed by atoms with E-state index in [2.05, 4.69) is 4.74 Å². The molecule has 0 fully saturated rings. The second-order valence-electron chi connectivity index (χ2n) is 4.32. The first-order valence-corrected chi connectivity index (χ1v) is 6.61. The molecule has 0 aromatic carbocycles. The molecule has 0 spiro atoms. The standard InChI is InChI=1S/C12H20N2O8/c13-6-2-1-3-10(21-7-15)22-12(20)14-8(11(18)19)4-5-9(16)17/h7-8,10H,1-6,13H2,(H,14,20)(H,16,17)(H,18,19)/t8-,10-/m0/s1. The van der Waals surface area contributed by atoms with E-state index in [0.29, 0.717) is 19.4 Å². The Kier molecular flexibility index (Phi) is 10.1. The molecule has 10 nitrogen and oxygen atoms in total. The number of carbonyl (C=O) groups is 4. The van der Waals surface area contributed by atoms with Crippen molar-refractivity contribution in [3.05, 3.63) is 0 Å². The van der Waals surface area contributed by atoms with Gasteiger partial charge in [-0.3, -0.25) is 9.59 Å². The normalized spacial score (nSPS) is 12.8. The van der Waals surface area contributed by atoms with Gasteiger partial charge in [0.25, 0.3) is 6.47 Å². The highest BCUT2D eigenvalue weighted by atomic mass is 16.7. The van der Waals surface area contributed by atoms with Gasteiger partial charge >= 0.3 is 18.0 Å². The van der Waals surface area contributed by atoms with Gasteiger partial charge in [-0.25, -0.2) is 9.59 Å². The van der Waals surface area contributed by atoms with E-state index in [4.69, 9.17) is 20.7 Å². The lowest BCUT2D eigenvalue weighted by atomic mass is 10.1. The molecule has 0 saturated carbocycles. The second kappa shape index (κ2) is 11.3. The zero-order valence-corrected chi connectivity index (χ0v) is 11.9. The van der Waals surface area contributed by atoms with Crippen molar-refractivity contribution >= 4 is 24.5 Å². The van der Waals surface area contributed by atoms with E-state index < -0.39 is 36.8 Å². The molecular weight excluding hydrogens is 300 g/mol. The maximum atomic E-state index is 11.6. The molecule has 2 atom stereocenters. The average molecular weight is 320 g/mol. The highest BCUT2D eigenvalue weighted by Gasteiger charge is 2.23. The number of hydrogen-bond acceptors (Lipinski definition) is 7. The minimum atomic E-state index is -1.41. The third-order valence-electron chi connectivity index (χ3n) is 2.58. The molecule has 0 saturated heterocycles. The number of rotatable bonds is 12. The van der Waals surface area contributed by atoms with Crippen LogP contribution < -0.4 is 11.1 Å². The van der Waals surface area contributed by atoms with Crippen molar-refractivity contribution in [2.75, 3.05) is 6.54 Å². The highest BCUT2D eigenvalue weighted by Crippen LogP contribution is 2.07. The number of carboxylic acid groups (broad SMARTS) is 2. The predicted octanol–water partition coefficient (Wildman–Crippen LogP) is -0.341. The molecular formula is C12H20N2O8. The number of carboxylic acids is 2. The summed E-state index contributed by atoms with van der Waals surface area (Å²) in [5.74, 6) is -2.58. The lowest BCUT2D eigenvalue weighted by molar-refractivity contribution is -0.154. The van der Waals surface area contributed by atoms with Crippen LogP contribution in [-0.2, 0) is 23.9 Å². The summed E-state index contributed by atoms with van der Waals surface area (Å²) in [6.45, 7) is 0.537. The minimum absolute atomic E-state index is 0.111. The van der Waals surface area contributed by atoms with Crippen molar-refractivity contribution in [1.82, 2.24) is 5.32 Å². The Hall–Kier alpha value is -2.36. The molecule has 0 aliphatic rings. The fraction of sp³-hybridized carbons (Fsp3) is 0.667. The molecule has 10 heteroatoms. The van der Waals surface area contributed by atoms with Crippen molar-refractivity contribution in [3.63, 3.8) is 0 Å². The SMILES string of the molecule is NCCCC[C@@H](OC=O)OC(=O)N[C@@H](CCC(=O)O)C(=O)O. The van der Waals surface area contributed by atoms with E-state index in [1.165, 1.54) is 0 Å². The smallest absolute Gasteiger partial charge is 0.410 e. The van der Waals surface area contributed by atoms with Gasteiger partial charge in [-0.15, -0.1) is 0 Å². The Balaban J connectivity index is 4.40. The minimum Gasteiger partial charge on any atom is -0.481 e. The van der Waals surface area contributed by atoms with Crippen LogP contribution in [0.3, 0.4) is 0 Å². The van der Waals surface area contributed by atoms with Gasteiger partial charge in [0.2, 0.25) is 6.29 Å². The van der Waals surface area contributed by atoms with E-state index in [9.17, 15) is 19.2 Å². The Morgan fingerprint density at radius 2 is 1.86 bits per heavy atom. The zero-order valence-electron chi connectivity index (χ0n) is 11.9. The van der Waals surface area contributed by atoms with Crippen LogP contribution in [0.1, 0.15) is 32.1 Å². The molecule has 1 amide bonds. The molecule has 0 bridgehead atoms. The van der Waals surface area contributed by atoms with Crippen LogP contribution >= 0.6 is 0 Å². The number of amides is 1. The van der Waals surface area contributed by atoms with Gasteiger partial charge in [0.15, 0.2) is 0 Å². The van der Waals surface area contributed by atoms with Crippen molar-refractivity contribution < 1.29 is 38.9 Å². The van der Waals surface area contributed by atoms with Crippen LogP contribution in [-0.4, -0.2) is 53.6 Å². The molecule has 0 aliphatic heterocycles. The first-order chi connectivity index (χ1) is 10.4. The molecule has 5 N–H and O–H groups in total. The molecule has 0 aliphatic carbocycles. The number of alkyl carbamates (subject to hydrolysis) is 1. The van der Waals surface area contributed by atoms with E-state index >= 15 is 0 Å². The summed E-state index contributed by atoms with van der Waals surface area (Å²) < 4.78 is 9.32. The van der Waals surface area contributed by atoms with Crippen molar-refractivity contribution in [2.45, 2.75) is 44.4 Å². The van der Waals surface area contributed by atoms with Gasteiger partial charge < -0.3 is 30.7 Å². The number of hydrogen-bond donors (Lipinski definition) is 4. The maximum absolute atomic E-state index is 11.6. The third-order valence-corrected chi connectivity index (χ3v) is 2.58. The van der Waals surface area contributed by atoms with Gasteiger partial charge in [0.1, 0.15) is 6.04 Å². The van der Waals surface area contributed by atoms with Crippen LogP contribution in [0.4, 0.5) is 4.79 Å². The second-order valence-corrected chi connectivity index (χ2v) is 4.32. The number of unbranched alkanes of at least 4 members (excludes halogenated alkanes) is 1. The number of carbonyl (C=O) groups excluding carboxylic acids is 2. The lowest BCUT2D eigenvalue weighted by Gasteiger charge is -2.18. The Bertz CT molecular complexity index is 387. The number of nitrogens with one attached hydrogen (secondary N) is 1. The molecule has 0 aromatic rings. The molecule has 0 radical (unpaired) electrons. The van der Waals surface area contributed by atoms with Crippen LogP contribution in [0.2, 0.25) is 0 Å². The van der Waals surface area contributed by atoms with Crippen LogP contribution in [0.25, 0.3) is 0 Å². The van der Waals surface area contributed by atoms with E-state index in [-0.39, 0.29) is 19.3 Å². The summed E-state index contributed by atoms with van der Waals surface area (Å²) in [5.41, 5.74) is 5.30. The monoisotopic (exact) mass is 320 g/mol. The van der Waals surface area contributed by atoms with E-state index in [1.807, 2.05) is 5.32 Å². The molecule has 22 heavy (non-hydrogen) atoms. The quantitative estimate of drug-likeness (QED) is 0.214. The number of nitrogens with two attached hydrogens (primary N) is 1. The van der Waals surface area contributed by atoms with E-state index in [0.717, 1.165) is 0 Å². The maximum Gasteiger partial charge on any atom is 0.410 e. The first kappa shape index (κ1) is 19.6. The van der Waals surface area contributed by atoms with Crippen molar-refractivity contribution in [3.8, 4) is 0 Å². The predicted molar refractivity (Wildman–Crippen MR) is 71.8 cm³/mol. The molecule has 0 aromatic heterocycles. The van der Waals surface area contributed by atoms with Crippen LogP contribution in [0.15, 0.2) is 0 Å². The zero-order chi connectivity index (χ0) is 17.0. The lowest BCUT2D eigenvalue weighted by Crippen LogP contribution is -2.42. The summed E-state index contributed by atoms with van der Waals surface area (Å²) >= 11 is 0. The summed E-state index contributed by atoms with van der Waals surface area (Å²) in [7, 11) is 0. The van der Waals surface area contributed by atoms with E-state index in [1.54, 1.807) is 0 Å². The fourth-order valence-electron chi connectivity index (χ4n) is 1.49. The van der Waals surface area contributed by atoms with Gasteiger partial charge in [-0.1, -0.05) is 0 Å². The third kappa shape index (κ3) is 9.53. The van der Waals surface area contributed by atoms with Gasteiger partial charge in [0.05, 0.1) is 0 Å². The number of aliphatic carboxylic acids is 2. The van der Waals surface area contributed by atoms with Gasteiger partial charge in [-0.2, -0.15) is 0 Å². The van der Waals surface area contributed by atoms with Crippen molar-refractivity contribution in [1.29, 1.82) is 0 Å². The largest absolute Gasteiger partial charge is 0.481 e. The van der Waals surface area contributed by atoms with Gasteiger partial charge in [0, 0.05) is 12.8 Å². The molecule has 0 heterocycles. The van der Waals surface area contributed by atoms with Gasteiger partial charge in [-0.05, 0) is 25.8 Å². The summed E-state index contributed by atoms with van der Waals surface area (Å²) in [4.78, 5) is 43.2. The Morgan fingerprint density at radius 1 is 1.18 bits per heavy atom. The summed E-state index contributed by atoms with van der Waals surface area (Å²) in [6.07, 6.45) is -1.59.